The largest absolute Gasteiger partial charge is 0.465 e. The predicted molar refractivity (Wildman–Crippen MR) is 120 cm³/mol. The minimum absolute atomic E-state index is 0.125. The van der Waals surface area contributed by atoms with E-state index in [0.29, 0.717) is 10.6 Å². The molecule has 154 valence electrons. The van der Waals surface area contributed by atoms with Gasteiger partial charge in [-0.05, 0) is 30.0 Å². The lowest BCUT2D eigenvalue weighted by Crippen LogP contribution is -2.37. The smallest absolute Gasteiger partial charge is 0.341 e. The van der Waals surface area contributed by atoms with Crippen molar-refractivity contribution in [1.82, 2.24) is 4.90 Å². The second-order valence-corrected chi connectivity index (χ2v) is 8.60. The number of rotatable bonds is 5. The molecule has 5 nitrogen and oxygen atoms in total. The summed E-state index contributed by atoms with van der Waals surface area (Å²) in [5, 5.41) is 3.51. The number of benzene rings is 2. The monoisotopic (exact) mass is 420 g/mol. The highest BCUT2D eigenvalue weighted by molar-refractivity contribution is 7.17. The Kier molecular flexibility index (Phi) is 5.97. The zero-order valence-corrected chi connectivity index (χ0v) is 17.9. The Morgan fingerprint density at radius 2 is 1.77 bits per heavy atom. The second kappa shape index (κ2) is 8.81. The van der Waals surface area contributed by atoms with Crippen molar-refractivity contribution < 1.29 is 14.3 Å². The molecule has 2 aromatic carbocycles. The number of thiophene rings is 1. The number of ether oxygens (including phenoxy) is 1. The number of methoxy groups -OCH3 is 1. The molecule has 1 aliphatic rings. The molecule has 0 saturated carbocycles. The van der Waals surface area contributed by atoms with E-state index in [2.05, 4.69) is 28.4 Å². The van der Waals surface area contributed by atoms with Crippen LogP contribution < -0.4 is 5.32 Å². The highest BCUT2D eigenvalue weighted by Crippen LogP contribution is 2.40. The van der Waals surface area contributed by atoms with Crippen LogP contribution in [0.25, 0.3) is 11.1 Å². The fourth-order valence-corrected chi connectivity index (χ4v) is 5.02. The zero-order valence-electron chi connectivity index (χ0n) is 17.1. The molecule has 1 amide bonds. The van der Waals surface area contributed by atoms with Crippen molar-refractivity contribution in [3.63, 3.8) is 0 Å². The number of esters is 1. The van der Waals surface area contributed by atoms with E-state index >= 15 is 0 Å². The number of carbonyl (C=O) groups excluding carboxylic acids is 2. The van der Waals surface area contributed by atoms with Gasteiger partial charge in [0.25, 0.3) is 0 Å². The van der Waals surface area contributed by atoms with Crippen LogP contribution in [0, 0.1) is 6.92 Å². The van der Waals surface area contributed by atoms with E-state index in [4.69, 9.17) is 4.74 Å². The van der Waals surface area contributed by atoms with Crippen LogP contribution in [-0.2, 0) is 22.5 Å². The number of aryl methyl sites for hydroxylation is 1. The highest BCUT2D eigenvalue weighted by atomic mass is 32.1. The van der Waals surface area contributed by atoms with Gasteiger partial charge in [0, 0.05) is 23.5 Å². The number of hydrogen-bond acceptors (Lipinski definition) is 5. The molecular weight excluding hydrogens is 396 g/mol. The summed E-state index contributed by atoms with van der Waals surface area (Å²) >= 11 is 1.41. The van der Waals surface area contributed by atoms with E-state index in [9.17, 15) is 9.59 Å². The first kappa shape index (κ1) is 20.3. The summed E-state index contributed by atoms with van der Waals surface area (Å²) in [6, 6.07) is 18.1. The van der Waals surface area contributed by atoms with E-state index in [-0.39, 0.29) is 12.5 Å². The third kappa shape index (κ3) is 4.15. The Bertz CT molecular complexity index is 1080. The van der Waals surface area contributed by atoms with Gasteiger partial charge in [0.2, 0.25) is 5.91 Å². The fourth-order valence-electron chi connectivity index (χ4n) is 3.94. The summed E-state index contributed by atoms with van der Waals surface area (Å²) in [4.78, 5) is 28.5. The normalized spacial score (nSPS) is 13.5. The molecule has 0 radical (unpaired) electrons. The third-order valence-electron chi connectivity index (χ3n) is 5.37. The number of nitrogens with one attached hydrogen (secondary N) is 1. The lowest BCUT2D eigenvalue weighted by atomic mass is 10.00. The number of hydrogen-bond donors (Lipinski definition) is 1. The van der Waals surface area contributed by atoms with Crippen LogP contribution in [0.15, 0.2) is 54.6 Å². The average Bonchev–Trinajstić information content (AvgIpc) is 3.09. The Morgan fingerprint density at radius 3 is 2.50 bits per heavy atom. The maximum atomic E-state index is 12.8. The van der Waals surface area contributed by atoms with Crippen LogP contribution in [0.1, 0.15) is 26.4 Å². The molecule has 30 heavy (non-hydrogen) atoms. The first-order valence-electron chi connectivity index (χ1n) is 9.93. The maximum Gasteiger partial charge on any atom is 0.341 e. The van der Waals surface area contributed by atoms with Crippen LogP contribution in [0.2, 0.25) is 0 Å². The minimum atomic E-state index is -0.444. The summed E-state index contributed by atoms with van der Waals surface area (Å²) in [5.74, 6) is -0.569. The van der Waals surface area contributed by atoms with Gasteiger partial charge in [-0.1, -0.05) is 54.6 Å². The van der Waals surface area contributed by atoms with Crippen molar-refractivity contribution in [3.8, 4) is 11.1 Å². The molecule has 0 unspecified atom stereocenters. The molecule has 1 aromatic heterocycles. The number of carbonyl (C=O) groups is 2. The quantitative estimate of drug-likeness (QED) is 0.617. The van der Waals surface area contributed by atoms with Crippen molar-refractivity contribution in [2.45, 2.75) is 19.9 Å². The summed E-state index contributed by atoms with van der Waals surface area (Å²) < 4.78 is 5.03. The van der Waals surface area contributed by atoms with E-state index in [1.54, 1.807) is 0 Å². The van der Waals surface area contributed by atoms with Gasteiger partial charge < -0.3 is 10.1 Å². The first-order valence-corrected chi connectivity index (χ1v) is 10.7. The molecule has 0 atom stereocenters. The van der Waals surface area contributed by atoms with Crippen LogP contribution in [-0.4, -0.2) is 37.0 Å². The molecule has 0 saturated heterocycles. The van der Waals surface area contributed by atoms with Crippen molar-refractivity contribution in [3.05, 3.63) is 76.2 Å². The molecule has 0 fully saturated rings. The standard InChI is InChI=1S/C24H24N2O3S/c1-16-21(18-9-4-3-5-10-18)22(24(28)29-2)23(30-16)25-20(27)15-26-13-12-17-8-6-7-11-19(17)14-26/h3-11H,12-15H2,1-2H3,(H,25,27). The number of fused-ring (bicyclic) bond motifs is 1. The van der Waals surface area contributed by atoms with Crippen LogP contribution in [0.3, 0.4) is 0 Å². The Morgan fingerprint density at radius 1 is 1.07 bits per heavy atom. The molecule has 1 aliphatic heterocycles. The van der Waals surface area contributed by atoms with Crippen molar-refractivity contribution in [2.24, 2.45) is 0 Å². The maximum absolute atomic E-state index is 12.8. The van der Waals surface area contributed by atoms with E-state index < -0.39 is 5.97 Å². The summed E-state index contributed by atoms with van der Waals surface area (Å²) in [6.07, 6.45) is 0.938. The number of nitrogens with zero attached hydrogens (tertiary/aromatic N) is 1. The third-order valence-corrected chi connectivity index (χ3v) is 6.39. The van der Waals surface area contributed by atoms with Crippen molar-refractivity contribution in [1.29, 1.82) is 0 Å². The molecule has 0 spiro atoms. The van der Waals surface area contributed by atoms with E-state index in [0.717, 1.165) is 35.5 Å². The molecular formula is C24H24N2O3S. The van der Waals surface area contributed by atoms with E-state index in [1.807, 2.05) is 43.3 Å². The van der Waals surface area contributed by atoms with Crippen molar-refractivity contribution >= 4 is 28.2 Å². The van der Waals surface area contributed by atoms with E-state index in [1.165, 1.54) is 29.6 Å². The average molecular weight is 421 g/mol. The Balaban J connectivity index is 1.54. The topological polar surface area (TPSA) is 58.6 Å². The highest BCUT2D eigenvalue weighted by Gasteiger charge is 2.26. The molecule has 0 aliphatic carbocycles. The van der Waals surface area contributed by atoms with Gasteiger partial charge in [-0.15, -0.1) is 11.3 Å². The van der Waals surface area contributed by atoms with Gasteiger partial charge in [0.1, 0.15) is 10.6 Å². The van der Waals surface area contributed by atoms with Gasteiger partial charge in [0.05, 0.1) is 13.7 Å². The van der Waals surface area contributed by atoms with Gasteiger partial charge >= 0.3 is 5.97 Å². The lowest BCUT2D eigenvalue weighted by molar-refractivity contribution is -0.117. The van der Waals surface area contributed by atoms with Gasteiger partial charge in [-0.2, -0.15) is 0 Å². The van der Waals surface area contributed by atoms with Crippen LogP contribution in [0.4, 0.5) is 5.00 Å². The number of anilines is 1. The van der Waals surface area contributed by atoms with Crippen molar-refractivity contribution in [2.75, 3.05) is 25.5 Å². The summed E-state index contributed by atoms with van der Waals surface area (Å²) in [5.41, 5.74) is 4.78. The fraction of sp³-hybridized carbons (Fsp3) is 0.250. The zero-order chi connectivity index (χ0) is 21.1. The Hall–Kier alpha value is -2.96. The summed E-state index contributed by atoms with van der Waals surface area (Å²) in [6.45, 7) is 3.84. The Labute approximate surface area is 180 Å². The molecule has 6 heteroatoms. The molecule has 4 rings (SSSR count). The predicted octanol–water partition coefficient (Wildman–Crippen LogP) is 4.51. The van der Waals surface area contributed by atoms with Gasteiger partial charge in [-0.25, -0.2) is 4.79 Å². The van der Waals surface area contributed by atoms with Gasteiger partial charge in [-0.3, -0.25) is 9.69 Å². The minimum Gasteiger partial charge on any atom is -0.465 e. The molecule has 3 aromatic rings. The van der Waals surface area contributed by atoms with Crippen LogP contribution >= 0.6 is 11.3 Å². The molecule has 0 bridgehead atoms. The lowest BCUT2D eigenvalue weighted by Gasteiger charge is -2.28. The van der Waals surface area contributed by atoms with Crippen LogP contribution in [0.5, 0.6) is 0 Å². The first-order chi connectivity index (χ1) is 14.6. The SMILES string of the molecule is COC(=O)c1c(NC(=O)CN2CCc3ccccc3C2)sc(C)c1-c1ccccc1. The molecule has 2 heterocycles. The second-order valence-electron chi connectivity index (χ2n) is 7.37. The number of amides is 1. The van der Waals surface area contributed by atoms with Gasteiger partial charge in [0.15, 0.2) is 0 Å². The molecule has 1 N–H and O–H groups in total. The summed E-state index contributed by atoms with van der Waals surface area (Å²) in [7, 11) is 1.36.